The SMILES string of the molecule is CCCC[N+](CCCC)(CCCC)CCCC.CP(=O)([O-])c1ccccc1. The molecule has 0 spiro atoms. The van der Waals surface area contributed by atoms with E-state index in [4.69, 9.17) is 0 Å². The monoisotopic (exact) mass is 397 g/mol. The van der Waals surface area contributed by atoms with Crippen molar-refractivity contribution in [2.75, 3.05) is 32.8 Å². The summed E-state index contributed by atoms with van der Waals surface area (Å²) in [6, 6.07) is 8.40. The van der Waals surface area contributed by atoms with E-state index in [1.54, 1.807) is 30.3 Å². The first-order valence-electron chi connectivity index (χ1n) is 11.0. The molecular weight excluding hydrogens is 353 g/mol. The van der Waals surface area contributed by atoms with Crippen LogP contribution in [0.1, 0.15) is 79.1 Å². The summed E-state index contributed by atoms with van der Waals surface area (Å²) in [5.41, 5.74) is 0. The Morgan fingerprint density at radius 3 is 1.30 bits per heavy atom. The average molecular weight is 398 g/mol. The standard InChI is InChI=1S/C16H36N.C7H9O2P/c1-5-9-13-17(14-10-6-2,15-11-7-3)16-12-8-4;1-10(8,9)7-5-3-2-4-6-7/h5-16H2,1-4H3;2-6H,1H3,(H,8,9)/q+1;/p-1. The minimum Gasteiger partial charge on any atom is -0.796 e. The zero-order chi connectivity index (χ0) is 20.6. The van der Waals surface area contributed by atoms with Gasteiger partial charge in [0.2, 0.25) is 0 Å². The Bertz CT molecular complexity index is 461. The second-order valence-electron chi connectivity index (χ2n) is 7.83. The van der Waals surface area contributed by atoms with E-state index in [0.717, 1.165) is 0 Å². The van der Waals surface area contributed by atoms with E-state index in [0.29, 0.717) is 5.30 Å². The molecule has 0 saturated carbocycles. The lowest BCUT2D eigenvalue weighted by Gasteiger charge is -2.39. The molecule has 158 valence electrons. The third-order valence-corrected chi connectivity index (χ3v) is 6.41. The van der Waals surface area contributed by atoms with Crippen LogP contribution < -0.4 is 10.2 Å². The van der Waals surface area contributed by atoms with Crippen molar-refractivity contribution < 1.29 is 13.9 Å². The third kappa shape index (κ3) is 12.4. The van der Waals surface area contributed by atoms with E-state index >= 15 is 0 Å². The Hall–Kier alpha value is -0.630. The van der Waals surface area contributed by atoms with Crippen LogP contribution >= 0.6 is 7.37 Å². The average Bonchev–Trinajstić information content (AvgIpc) is 2.67. The van der Waals surface area contributed by atoms with Crippen molar-refractivity contribution in [2.45, 2.75) is 79.1 Å². The van der Waals surface area contributed by atoms with Crippen molar-refractivity contribution >= 4 is 12.7 Å². The van der Waals surface area contributed by atoms with Gasteiger partial charge < -0.3 is 13.9 Å². The van der Waals surface area contributed by atoms with Gasteiger partial charge in [-0.25, -0.2) is 0 Å². The predicted octanol–water partition coefficient (Wildman–Crippen LogP) is 5.58. The molecule has 1 aromatic rings. The van der Waals surface area contributed by atoms with Crippen LogP contribution in [0, 0.1) is 0 Å². The van der Waals surface area contributed by atoms with Crippen molar-refractivity contribution in [3.8, 4) is 0 Å². The summed E-state index contributed by atoms with van der Waals surface area (Å²) in [5, 5.41) is 0.398. The zero-order valence-corrected chi connectivity index (χ0v) is 19.5. The lowest BCUT2D eigenvalue weighted by Crippen LogP contribution is -2.50. The van der Waals surface area contributed by atoms with Gasteiger partial charge in [0.25, 0.3) is 0 Å². The molecule has 0 bridgehead atoms. The van der Waals surface area contributed by atoms with E-state index < -0.39 is 7.37 Å². The van der Waals surface area contributed by atoms with E-state index in [1.807, 2.05) is 0 Å². The van der Waals surface area contributed by atoms with Gasteiger partial charge in [0, 0.05) is 7.37 Å². The van der Waals surface area contributed by atoms with Crippen LogP contribution in [0.5, 0.6) is 0 Å². The highest BCUT2D eigenvalue weighted by Crippen LogP contribution is 2.27. The summed E-state index contributed by atoms with van der Waals surface area (Å²) in [6.45, 7) is 16.2. The first kappa shape index (κ1) is 26.4. The van der Waals surface area contributed by atoms with E-state index in [2.05, 4.69) is 27.7 Å². The minimum atomic E-state index is -3.27. The van der Waals surface area contributed by atoms with Gasteiger partial charge in [0.1, 0.15) is 0 Å². The predicted molar refractivity (Wildman–Crippen MR) is 119 cm³/mol. The fourth-order valence-corrected chi connectivity index (χ4v) is 4.06. The molecule has 27 heavy (non-hydrogen) atoms. The third-order valence-electron chi connectivity index (χ3n) is 5.17. The maximum Gasteiger partial charge on any atom is 0.0786 e. The number of benzene rings is 1. The lowest BCUT2D eigenvalue weighted by atomic mass is 10.1. The van der Waals surface area contributed by atoms with Gasteiger partial charge >= 0.3 is 0 Å². The van der Waals surface area contributed by atoms with Gasteiger partial charge in [0.05, 0.1) is 26.2 Å². The van der Waals surface area contributed by atoms with Crippen LogP contribution in [0.2, 0.25) is 0 Å². The summed E-state index contributed by atoms with van der Waals surface area (Å²) < 4.78 is 12.3. The number of quaternary nitrogens is 1. The maximum atomic E-state index is 10.9. The smallest absolute Gasteiger partial charge is 0.0786 e. The largest absolute Gasteiger partial charge is 0.796 e. The van der Waals surface area contributed by atoms with Crippen molar-refractivity contribution in [1.82, 2.24) is 0 Å². The van der Waals surface area contributed by atoms with E-state index in [9.17, 15) is 9.46 Å². The van der Waals surface area contributed by atoms with Gasteiger partial charge in [-0.2, -0.15) is 0 Å². The maximum absolute atomic E-state index is 10.9. The molecule has 1 rings (SSSR count). The highest BCUT2D eigenvalue weighted by molar-refractivity contribution is 7.63. The minimum absolute atomic E-state index is 0.398. The van der Waals surface area contributed by atoms with Crippen LogP contribution in [-0.4, -0.2) is 37.3 Å². The molecular formula is C23H44NO2P. The molecule has 1 aromatic carbocycles. The summed E-state index contributed by atoms with van der Waals surface area (Å²) >= 11 is 0. The molecule has 4 heteroatoms. The Balaban J connectivity index is 0.000000569. The van der Waals surface area contributed by atoms with E-state index in [-0.39, 0.29) is 0 Å². The molecule has 0 aliphatic carbocycles. The molecule has 0 amide bonds. The topological polar surface area (TPSA) is 40.1 Å². The van der Waals surface area contributed by atoms with Crippen LogP contribution in [-0.2, 0) is 4.57 Å². The van der Waals surface area contributed by atoms with Crippen LogP contribution in [0.3, 0.4) is 0 Å². The summed E-state index contributed by atoms with van der Waals surface area (Å²) in [7, 11) is -3.27. The zero-order valence-electron chi connectivity index (χ0n) is 18.6. The number of hydrogen-bond donors (Lipinski definition) is 0. The number of rotatable bonds is 13. The molecule has 0 aliphatic rings. The first-order valence-corrected chi connectivity index (χ1v) is 13.1. The molecule has 3 nitrogen and oxygen atoms in total. The summed E-state index contributed by atoms with van der Waals surface area (Å²) in [4.78, 5) is 10.9. The molecule has 0 heterocycles. The van der Waals surface area contributed by atoms with Gasteiger partial charge in [-0.1, -0.05) is 83.7 Å². The lowest BCUT2D eigenvalue weighted by molar-refractivity contribution is -0.929. The van der Waals surface area contributed by atoms with Gasteiger partial charge in [-0.05, 0) is 37.7 Å². The quantitative estimate of drug-likeness (QED) is 0.322. The Labute approximate surface area is 169 Å². The van der Waals surface area contributed by atoms with Gasteiger partial charge in [0.15, 0.2) is 0 Å². The number of hydrogen-bond acceptors (Lipinski definition) is 2. The molecule has 0 saturated heterocycles. The van der Waals surface area contributed by atoms with Gasteiger partial charge in [-0.3, -0.25) is 0 Å². The fourth-order valence-electron chi connectivity index (χ4n) is 3.34. The second-order valence-corrected chi connectivity index (χ2v) is 10.0. The highest BCUT2D eigenvalue weighted by atomic mass is 31.2. The second kappa shape index (κ2) is 15.3. The van der Waals surface area contributed by atoms with Crippen molar-refractivity contribution in [1.29, 1.82) is 0 Å². The normalized spacial score (nSPS) is 13.6. The number of unbranched alkanes of at least 4 members (excludes halogenated alkanes) is 4. The van der Waals surface area contributed by atoms with Crippen molar-refractivity contribution in [2.24, 2.45) is 0 Å². The Morgan fingerprint density at radius 1 is 0.741 bits per heavy atom. The highest BCUT2D eigenvalue weighted by Gasteiger charge is 2.24. The van der Waals surface area contributed by atoms with Crippen LogP contribution in [0.15, 0.2) is 30.3 Å². The Kier molecular flexibility index (Phi) is 15.0. The van der Waals surface area contributed by atoms with Gasteiger partial charge in [-0.15, -0.1) is 0 Å². The molecule has 0 fully saturated rings. The molecule has 0 radical (unpaired) electrons. The molecule has 1 atom stereocenters. The van der Waals surface area contributed by atoms with Crippen molar-refractivity contribution in [3.63, 3.8) is 0 Å². The fraction of sp³-hybridized carbons (Fsp3) is 0.739. The first-order chi connectivity index (χ1) is 12.8. The molecule has 0 N–H and O–H groups in total. The van der Waals surface area contributed by atoms with E-state index in [1.165, 1.54) is 88.7 Å². The van der Waals surface area contributed by atoms with Crippen LogP contribution in [0.4, 0.5) is 0 Å². The molecule has 1 unspecified atom stereocenters. The van der Waals surface area contributed by atoms with Crippen LogP contribution in [0.25, 0.3) is 0 Å². The van der Waals surface area contributed by atoms with Crippen molar-refractivity contribution in [3.05, 3.63) is 30.3 Å². The molecule has 0 aromatic heterocycles. The summed E-state index contributed by atoms with van der Waals surface area (Å²) in [6.07, 6.45) is 11.1. The molecule has 0 aliphatic heterocycles. The summed E-state index contributed by atoms with van der Waals surface area (Å²) in [5.74, 6) is 0. The number of nitrogens with zero attached hydrogens (tertiary/aromatic N) is 1. The Morgan fingerprint density at radius 2 is 1.07 bits per heavy atom.